The van der Waals surface area contributed by atoms with E-state index in [0.29, 0.717) is 25.3 Å². The number of pyridine rings is 1. The smallest absolute Gasteiger partial charge is 0.244 e. The number of nitrogens with zero attached hydrogens (tertiary/aromatic N) is 2. The molecule has 7 nitrogen and oxygen atoms in total. The van der Waals surface area contributed by atoms with E-state index in [4.69, 9.17) is 11.5 Å². The van der Waals surface area contributed by atoms with Gasteiger partial charge in [-0.25, -0.2) is 4.98 Å². The lowest BCUT2D eigenvalue weighted by Gasteiger charge is -2.26. The molecule has 1 fully saturated rings. The summed E-state index contributed by atoms with van der Waals surface area (Å²) >= 11 is 1.57. The fraction of sp³-hybridized carbons (Fsp3) is 0.286. The number of rotatable bonds is 5. The molecule has 0 saturated carbocycles. The molecular weight excluding hydrogens is 386 g/mol. The lowest BCUT2D eigenvalue weighted by molar-refractivity contribution is -0.139. The van der Waals surface area contributed by atoms with E-state index in [0.717, 1.165) is 26.9 Å². The number of nitrogens with one attached hydrogen (secondary N) is 1. The van der Waals surface area contributed by atoms with Gasteiger partial charge in [0.1, 0.15) is 17.9 Å². The van der Waals surface area contributed by atoms with Gasteiger partial charge in [0.25, 0.3) is 0 Å². The highest BCUT2D eigenvalue weighted by Crippen LogP contribution is 2.28. The van der Waals surface area contributed by atoms with Crippen LogP contribution < -0.4 is 16.8 Å². The van der Waals surface area contributed by atoms with Crippen molar-refractivity contribution < 1.29 is 9.59 Å². The molecule has 8 heteroatoms. The van der Waals surface area contributed by atoms with Gasteiger partial charge in [-0.3, -0.25) is 9.59 Å². The molecular formula is C21H23N5O2S. The Morgan fingerprint density at radius 2 is 2.07 bits per heavy atom. The first-order valence-corrected chi connectivity index (χ1v) is 10.4. The van der Waals surface area contributed by atoms with Crippen LogP contribution in [-0.2, 0) is 16.1 Å². The summed E-state index contributed by atoms with van der Waals surface area (Å²) in [4.78, 5) is 32.4. The fourth-order valence-corrected chi connectivity index (χ4v) is 4.71. The summed E-state index contributed by atoms with van der Waals surface area (Å²) in [5.41, 5.74) is 12.8. The summed E-state index contributed by atoms with van der Waals surface area (Å²) in [5, 5.41) is 3.86. The number of hydrogen-bond acceptors (Lipinski definition) is 6. The molecule has 1 aliphatic rings. The van der Waals surface area contributed by atoms with E-state index in [2.05, 4.69) is 10.3 Å². The summed E-state index contributed by atoms with van der Waals surface area (Å²) in [6.45, 7) is 0.934. The van der Waals surface area contributed by atoms with Crippen molar-refractivity contribution in [3.05, 3.63) is 59.1 Å². The number of amides is 2. The van der Waals surface area contributed by atoms with Gasteiger partial charge in [-0.1, -0.05) is 30.3 Å². The molecule has 4 rings (SSSR count). The van der Waals surface area contributed by atoms with Gasteiger partial charge < -0.3 is 21.7 Å². The van der Waals surface area contributed by atoms with Crippen molar-refractivity contribution in [3.8, 4) is 0 Å². The number of carbonyl (C=O) groups is 2. The minimum absolute atomic E-state index is 0.153. The zero-order chi connectivity index (χ0) is 20.4. The summed E-state index contributed by atoms with van der Waals surface area (Å²) < 4.78 is 1.04. The summed E-state index contributed by atoms with van der Waals surface area (Å²) in [7, 11) is 0. The predicted octanol–water partition coefficient (Wildman–Crippen LogP) is 2.19. The Labute approximate surface area is 172 Å². The molecule has 0 bridgehead atoms. The lowest BCUT2D eigenvalue weighted by Crippen LogP contribution is -2.48. The quantitative estimate of drug-likeness (QED) is 0.598. The second-order valence-corrected chi connectivity index (χ2v) is 8.28. The standard InChI is InChI=1S/C21H23N5O2S/c22-18(13-5-2-1-3-6-13)21(28)26-10-4-7-16(26)20(27)25-12-14-11-15-17(29-14)8-9-24-19(15)23/h1-3,5-6,8-9,11,16,18H,4,7,10,12,22H2,(H2,23,24)(H,25,27)/t16-,18+/m0/s1. The molecule has 1 saturated heterocycles. The molecule has 3 heterocycles. The Bertz CT molecular complexity index is 1040. The van der Waals surface area contributed by atoms with E-state index in [9.17, 15) is 9.59 Å². The van der Waals surface area contributed by atoms with Crippen molar-refractivity contribution in [1.82, 2.24) is 15.2 Å². The Balaban J connectivity index is 1.42. The maximum Gasteiger partial charge on any atom is 0.244 e. The van der Waals surface area contributed by atoms with Crippen LogP contribution in [0, 0.1) is 0 Å². The second kappa shape index (κ2) is 8.18. The first-order valence-electron chi connectivity index (χ1n) is 9.56. The van der Waals surface area contributed by atoms with Crippen molar-refractivity contribution in [1.29, 1.82) is 0 Å². The summed E-state index contributed by atoms with van der Waals surface area (Å²) in [5.74, 6) is 0.119. The van der Waals surface area contributed by atoms with Crippen molar-refractivity contribution in [2.75, 3.05) is 12.3 Å². The van der Waals surface area contributed by atoms with Crippen molar-refractivity contribution in [3.63, 3.8) is 0 Å². The number of aromatic nitrogens is 1. The maximum atomic E-state index is 12.9. The molecule has 29 heavy (non-hydrogen) atoms. The van der Waals surface area contributed by atoms with Crippen LogP contribution in [-0.4, -0.2) is 34.3 Å². The summed E-state index contributed by atoms with van der Waals surface area (Å²) in [6, 6.07) is 11.8. The van der Waals surface area contributed by atoms with Gasteiger partial charge in [-0.05, 0) is 30.5 Å². The summed E-state index contributed by atoms with van der Waals surface area (Å²) in [6.07, 6.45) is 3.10. The lowest BCUT2D eigenvalue weighted by atomic mass is 10.1. The van der Waals surface area contributed by atoms with Crippen LogP contribution in [0.5, 0.6) is 0 Å². The Morgan fingerprint density at radius 3 is 2.83 bits per heavy atom. The highest BCUT2D eigenvalue weighted by Gasteiger charge is 2.36. The zero-order valence-electron chi connectivity index (χ0n) is 15.9. The molecule has 1 aliphatic heterocycles. The van der Waals surface area contributed by atoms with E-state index in [1.165, 1.54) is 0 Å². The van der Waals surface area contributed by atoms with Gasteiger partial charge in [0.05, 0.1) is 6.54 Å². The molecule has 5 N–H and O–H groups in total. The number of anilines is 1. The topological polar surface area (TPSA) is 114 Å². The molecule has 2 amide bonds. The number of benzene rings is 1. The van der Waals surface area contributed by atoms with Crippen LogP contribution in [0.3, 0.4) is 0 Å². The van der Waals surface area contributed by atoms with Crippen molar-refractivity contribution in [2.24, 2.45) is 5.73 Å². The molecule has 3 aromatic rings. The van der Waals surface area contributed by atoms with Gasteiger partial charge in [-0.2, -0.15) is 0 Å². The Morgan fingerprint density at radius 1 is 1.28 bits per heavy atom. The van der Waals surface area contributed by atoms with E-state index < -0.39 is 12.1 Å². The number of carbonyl (C=O) groups excluding carboxylic acids is 2. The largest absolute Gasteiger partial charge is 0.383 e. The molecule has 0 unspecified atom stereocenters. The molecule has 0 radical (unpaired) electrons. The van der Waals surface area contributed by atoms with Gasteiger partial charge >= 0.3 is 0 Å². The molecule has 2 atom stereocenters. The van der Waals surface area contributed by atoms with Crippen molar-refractivity contribution >= 4 is 39.1 Å². The third-order valence-electron chi connectivity index (χ3n) is 5.23. The highest BCUT2D eigenvalue weighted by molar-refractivity contribution is 7.19. The molecule has 150 valence electrons. The Hall–Kier alpha value is -2.97. The molecule has 0 aliphatic carbocycles. The highest BCUT2D eigenvalue weighted by atomic mass is 32.1. The zero-order valence-corrected chi connectivity index (χ0v) is 16.7. The minimum atomic E-state index is -0.761. The average molecular weight is 410 g/mol. The van der Waals surface area contributed by atoms with E-state index >= 15 is 0 Å². The normalized spacial score (nSPS) is 17.4. The molecule has 1 aromatic carbocycles. The number of likely N-dealkylation sites (tertiary alicyclic amines) is 1. The number of thiophene rings is 1. The van der Waals surface area contributed by atoms with Gasteiger partial charge in [0, 0.05) is 27.7 Å². The number of nitrogens with two attached hydrogens (primary N) is 2. The van der Waals surface area contributed by atoms with E-state index in [-0.39, 0.29) is 11.8 Å². The van der Waals surface area contributed by atoms with Crippen LogP contribution >= 0.6 is 11.3 Å². The van der Waals surface area contributed by atoms with Gasteiger partial charge in [-0.15, -0.1) is 11.3 Å². The fourth-order valence-electron chi connectivity index (χ4n) is 3.70. The number of nitrogen functional groups attached to an aromatic ring is 1. The third-order valence-corrected chi connectivity index (χ3v) is 6.33. The first kappa shape index (κ1) is 19.4. The van der Waals surface area contributed by atoms with Crippen LogP contribution in [0.25, 0.3) is 10.1 Å². The molecule has 0 spiro atoms. The average Bonchev–Trinajstić information content (AvgIpc) is 3.39. The van der Waals surface area contributed by atoms with Crippen molar-refractivity contribution in [2.45, 2.75) is 31.5 Å². The van der Waals surface area contributed by atoms with E-state index in [1.807, 2.05) is 42.5 Å². The second-order valence-electron chi connectivity index (χ2n) is 7.12. The number of fused-ring (bicyclic) bond motifs is 1. The SMILES string of the molecule is Nc1nccc2sc(CNC(=O)[C@@H]3CCCN3C(=O)[C@H](N)c3ccccc3)cc12. The van der Waals surface area contributed by atoms with Crippen LogP contribution in [0.4, 0.5) is 5.82 Å². The third kappa shape index (κ3) is 3.94. The van der Waals surface area contributed by atoms with Crippen LogP contribution in [0.15, 0.2) is 48.7 Å². The van der Waals surface area contributed by atoms with Gasteiger partial charge in [0.15, 0.2) is 0 Å². The number of hydrogen-bond donors (Lipinski definition) is 3. The van der Waals surface area contributed by atoms with Gasteiger partial charge in [0.2, 0.25) is 11.8 Å². The van der Waals surface area contributed by atoms with Crippen LogP contribution in [0.2, 0.25) is 0 Å². The molecule has 2 aromatic heterocycles. The minimum Gasteiger partial charge on any atom is -0.383 e. The van der Waals surface area contributed by atoms with Crippen LogP contribution in [0.1, 0.15) is 29.3 Å². The Kier molecular flexibility index (Phi) is 5.46. The predicted molar refractivity (Wildman–Crippen MR) is 114 cm³/mol. The monoisotopic (exact) mass is 409 g/mol. The maximum absolute atomic E-state index is 12.9. The van der Waals surface area contributed by atoms with E-state index in [1.54, 1.807) is 22.4 Å². The first-order chi connectivity index (χ1) is 14.0.